The second-order valence-electron chi connectivity index (χ2n) is 3.89. The van der Waals surface area contributed by atoms with E-state index in [0.717, 1.165) is 5.75 Å². The molecule has 1 saturated heterocycles. The first-order valence-electron chi connectivity index (χ1n) is 5.60. The van der Waals surface area contributed by atoms with Crippen LogP contribution in [0.1, 0.15) is 6.42 Å². The molecule has 0 bridgehead atoms. The minimum absolute atomic E-state index is 0.0659. The SMILES string of the molecule is NCC(=O)NCC(=O)N1CCSCC1CC(=O)O. The summed E-state index contributed by atoms with van der Waals surface area (Å²) < 4.78 is 0. The average Bonchev–Trinajstić information content (AvgIpc) is 2.35. The molecule has 0 aromatic carbocycles. The molecule has 0 saturated carbocycles. The third-order valence-electron chi connectivity index (χ3n) is 2.58. The van der Waals surface area contributed by atoms with E-state index in [1.165, 1.54) is 4.90 Å². The Labute approximate surface area is 109 Å². The number of aliphatic carboxylic acids is 1. The van der Waals surface area contributed by atoms with Gasteiger partial charge in [-0.1, -0.05) is 0 Å². The molecule has 0 radical (unpaired) electrons. The van der Waals surface area contributed by atoms with E-state index in [1.54, 1.807) is 11.8 Å². The first-order chi connectivity index (χ1) is 8.54. The van der Waals surface area contributed by atoms with Gasteiger partial charge in [0, 0.05) is 18.1 Å². The van der Waals surface area contributed by atoms with E-state index in [1.807, 2.05) is 0 Å². The van der Waals surface area contributed by atoms with Gasteiger partial charge in [-0.25, -0.2) is 0 Å². The molecule has 0 aromatic heterocycles. The second-order valence-corrected chi connectivity index (χ2v) is 5.04. The maximum atomic E-state index is 11.9. The average molecular weight is 275 g/mol. The minimum Gasteiger partial charge on any atom is -0.481 e. The molecule has 1 rings (SSSR count). The molecule has 18 heavy (non-hydrogen) atoms. The molecule has 0 aromatic rings. The Bertz CT molecular complexity index is 337. The van der Waals surface area contributed by atoms with Crippen molar-refractivity contribution in [1.82, 2.24) is 10.2 Å². The summed E-state index contributed by atoms with van der Waals surface area (Å²) in [5.41, 5.74) is 5.11. The summed E-state index contributed by atoms with van der Waals surface area (Å²) in [6.07, 6.45) is -0.0659. The number of carbonyl (C=O) groups excluding carboxylic acids is 2. The van der Waals surface area contributed by atoms with Crippen molar-refractivity contribution in [1.29, 1.82) is 0 Å². The Hall–Kier alpha value is -1.28. The van der Waals surface area contributed by atoms with Gasteiger partial charge in [0.05, 0.1) is 25.6 Å². The lowest BCUT2D eigenvalue weighted by Gasteiger charge is -2.34. The summed E-state index contributed by atoms with van der Waals surface area (Å²) in [7, 11) is 0. The van der Waals surface area contributed by atoms with E-state index >= 15 is 0 Å². The Morgan fingerprint density at radius 2 is 2.17 bits per heavy atom. The highest BCUT2D eigenvalue weighted by Crippen LogP contribution is 2.18. The molecule has 1 atom stereocenters. The largest absolute Gasteiger partial charge is 0.481 e. The lowest BCUT2D eigenvalue weighted by Crippen LogP contribution is -2.50. The van der Waals surface area contributed by atoms with Gasteiger partial charge < -0.3 is 21.1 Å². The highest BCUT2D eigenvalue weighted by Gasteiger charge is 2.28. The van der Waals surface area contributed by atoms with Crippen molar-refractivity contribution in [2.75, 3.05) is 31.1 Å². The normalized spacial score (nSPS) is 19.4. The number of carbonyl (C=O) groups is 3. The van der Waals surface area contributed by atoms with Gasteiger partial charge in [0.1, 0.15) is 0 Å². The van der Waals surface area contributed by atoms with Gasteiger partial charge in [0.2, 0.25) is 11.8 Å². The fourth-order valence-corrected chi connectivity index (χ4v) is 2.76. The topological polar surface area (TPSA) is 113 Å². The summed E-state index contributed by atoms with van der Waals surface area (Å²) in [4.78, 5) is 35.1. The monoisotopic (exact) mass is 275 g/mol. The number of nitrogens with two attached hydrogens (primary N) is 1. The standard InChI is InChI=1S/C10H17N3O4S/c11-4-8(14)12-5-9(15)13-1-2-18-6-7(13)3-10(16)17/h7H,1-6,11H2,(H,12,14)(H,16,17). The van der Waals surface area contributed by atoms with E-state index in [-0.39, 0.29) is 31.5 Å². The van der Waals surface area contributed by atoms with Crippen molar-refractivity contribution >= 4 is 29.5 Å². The van der Waals surface area contributed by atoms with Crippen molar-refractivity contribution < 1.29 is 19.5 Å². The molecule has 102 valence electrons. The maximum Gasteiger partial charge on any atom is 0.305 e. The van der Waals surface area contributed by atoms with Crippen LogP contribution in [-0.4, -0.2) is 65.0 Å². The van der Waals surface area contributed by atoms with Crippen LogP contribution in [0.2, 0.25) is 0 Å². The van der Waals surface area contributed by atoms with Gasteiger partial charge in [-0.2, -0.15) is 11.8 Å². The number of nitrogens with zero attached hydrogens (tertiary/aromatic N) is 1. The van der Waals surface area contributed by atoms with Crippen molar-refractivity contribution in [3.05, 3.63) is 0 Å². The van der Waals surface area contributed by atoms with Crippen molar-refractivity contribution in [3.8, 4) is 0 Å². The highest BCUT2D eigenvalue weighted by molar-refractivity contribution is 7.99. The summed E-state index contributed by atoms with van der Waals surface area (Å²) in [6, 6.07) is -0.302. The van der Waals surface area contributed by atoms with Crippen LogP contribution in [0.5, 0.6) is 0 Å². The Morgan fingerprint density at radius 3 is 2.78 bits per heavy atom. The summed E-state index contributed by atoms with van der Waals surface area (Å²) >= 11 is 1.63. The van der Waals surface area contributed by atoms with E-state index < -0.39 is 11.9 Å². The molecule has 4 N–H and O–H groups in total. The van der Waals surface area contributed by atoms with Crippen molar-refractivity contribution in [2.45, 2.75) is 12.5 Å². The number of thioether (sulfide) groups is 1. The zero-order valence-corrected chi connectivity index (χ0v) is 10.7. The Balaban J connectivity index is 2.51. The molecule has 7 nitrogen and oxygen atoms in total. The molecular weight excluding hydrogens is 258 g/mol. The van der Waals surface area contributed by atoms with Crippen molar-refractivity contribution in [3.63, 3.8) is 0 Å². The predicted octanol–water partition coefficient (Wildman–Crippen LogP) is -1.52. The molecule has 1 aliphatic heterocycles. The van der Waals surface area contributed by atoms with E-state index in [0.29, 0.717) is 12.3 Å². The van der Waals surface area contributed by atoms with Gasteiger partial charge in [-0.05, 0) is 0 Å². The fourth-order valence-electron chi connectivity index (χ4n) is 1.70. The number of carboxylic acids is 1. The molecular formula is C10H17N3O4S. The molecule has 1 heterocycles. The molecule has 1 fully saturated rings. The smallest absolute Gasteiger partial charge is 0.305 e. The quantitative estimate of drug-likeness (QED) is 0.561. The summed E-state index contributed by atoms with van der Waals surface area (Å²) in [6.45, 7) is 0.221. The molecule has 2 amide bonds. The second kappa shape index (κ2) is 7.22. The number of rotatable bonds is 5. The van der Waals surface area contributed by atoms with E-state index in [4.69, 9.17) is 10.8 Å². The molecule has 0 spiro atoms. The number of amides is 2. The minimum atomic E-state index is -0.925. The molecule has 1 aliphatic rings. The zero-order chi connectivity index (χ0) is 13.5. The molecule has 8 heteroatoms. The lowest BCUT2D eigenvalue weighted by molar-refractivity contribution is -0.140. The van der Waals surface area contributed by atoms with Gasteiger partial charge in [-0.3, -0.25) is 14.4 Å². The van der Waals surface area contributed by atoms with Crippen LogP contribution in [0.15, 0.2) is 0 Å². The van der Waals surface area contributed by atoms with Gasteiger partial charge in [-0.15, -0.1) is 0 Å². The fraction of sp³-hybridized carbons (Fsp3) is 0.700. The first kappa shape index (κ1) is 14.8. The molecule has 0 aliphatic carbocycles. The van der Waals surface area contributed by atoms with Crippen LogP contribution < -0.4 is 11.1 Å². The zero-order valence-electron chi connectivity index (χ0n) is 9.92. The summed E-state index contributed by atoms with van der Waals surface area (Å²) in [5, 5.41) is 11.2. The highest BCUT2D eigenvalue weighted by atomic mass is 32.2. The van der Waals surface area contributed by atoms with Gasteiger partial charge in [0.15, 0.2) is 0 Å². The number of hydrogen-bond donors (Lipinski definition) is 3. The first-order valence-corrected chi connectivity index (χ1v) is 6.76. The number of carboxylic acid groups (broad SMARTS) is 1. The van der Waals surface area contributed by atoms with E-state index in [2.05, 4.69) is 5.32 Å². The number of nitrogens with one attached hydrogen (secondary N) is 1. The van der Waals surface area contributed by atoms with Crippen LogP contribution in [0.3, 0.4) is 0 Å². The van der Waals surface area contributed by atoms with Crippen LogP contribution in [0.25, 0.3) is 0 Å². The van der Waals surface area contributed by atoms with Crippen LogP contribution >= 0.6 is 11.8 Å². The Kier molecular flexibility index (Phi) is 5.93. The number of hydrogen-bond acceptors (Lipinski definition) is 5. The predicted molar refractivity (Wildman–Crippen MR) is 67.1 cm³/mol. The van der Waals surface area contributed by atoms with Gasteiger partial charge >= 0.3 is 5.97 Å². The van der Waals surface area contributed by atoms with Crippen LogP contribution in [0, 0.1) is 0 Å². The van der Waals surface area contributed by atoms with E-state index in [9.17, 15) is 14.4 Å². The lowest BCUT2D eigenvalue weighted by atomic mass is 10.2. The van der Waals surface area contributed by atoms with Crippen LogP contribution in [-0.2, 0) is 14.4 Å². The third-order valence-corrected chi connectivity index (χ3v) is 3.67. The van der Waals surface area contributed by atoms with Crippen LogP contribution in [0.4, 0.5) is 0 Å². The molecule has 1 unspecified atom stereocenters. The summed E-state index contributed by atoms with van der Waals surface area (Å²) in [5.74, 6) is -0.186. The third kappa shape index (κ3) is 4.53. The van der Waals surface area contributed by atoms with Crippen molar-refractivity contribution in [2.24, 2.45) is 5.73 Å². The van der Waals surface area contributed by atoms with Gasteiger partial charge in [0.25, 0.3) is 0 Å². The maximum absolute atomic E-state index is 11.9. The Morgan fingerprint density at radius 1 is 1.44 bits per heavy atom.